The predicted molar refractivity (Wildman–Crippen MR) is 103 cm³/mol. The number of ether oxygens (including phenoxy) is 1. The van der Waals surface area contributed by atoms with Crippen molar-refractivity contribution in [2.45, 2.75) is 39.6 Å². The van der Waals surface area contributed by atoms with E-state index in [4.69, 9.17) is 9.15 Å². The van der Waals surface area contributed by atoms with Crippen LogP contribution in [0.2, 0.25) is 0 Å². The summed E-state index contributed by atoms with van der Waals surface area (Å²) >= 11 is 0. The van der Waals surface area contributed by atoms with Crippen molar-refractivity contribution in [3.8, 4) is 0 Å². The van der Waals surface area contributed by atoms with Gasteiger partial charge < -0.3 is 19.4 Å². The monoisotopic (exact) mass is 410 g/mol. The number of aliphatic imine (C=N–C) groups is 1. The molecule has 1 aliphatic rings. The molecule has 1 aromatic heterocycles. The van der Waals surface area contributed by atoms with Crippen LogP contribution in [-0.4, -0.2) is 42.1 Å². The second-order valence-electron chi connectivity index (χ2n) is 6.85. The number of benzene rings is 1. The molecule has 2 aromatic rings. The van der Waals surface area contributed by atoms with Crippen LogP contribution in [0.15, 0.2) is 33.7 Å². The number of hydrogen-bond donors (Lipinski definition) is 1. The molecule has 0 bridgehead atoms. The molecular weight excluding hydrogens is 385 g/mol. The molecule has 158 valence electrons. The zero-order valence-corrected chi connectivity index (χ0v) is 16.7. The molecule has 1 N–H and O–H groups in total. The van der Waals surface area contributed by atoms with Gasteiger partial charge in [-0.15, -0.1) is 0 Å². The van der Waals surface area contributed by atoms with E-state index in [0.29, 0.717) is 43.7 Å². The van der Waals surface area contributed by atoms with Crippen molar-refractivity contribution in [3.63, 3.8) is 0 Å². The van der Waals surface area contributed by atoms with Crippen LogP contribution in [0.1, 0.15) is 41.5 Å². The standard InChI is InChI=1S/C20H25F3N4O2/c1-4-24-19(25-11-18-26-13(2)14(3)29-18)27-8-9-28-17(12-27)15-6-5-7-16(10-15)20(21,22)23/h5-7,10,17H,4,8-9,11-12H2,1-3H3,(H,24,25). The van der Waals surface area contributed by atoms with Gasteiger partial charge in [-0.1, -0.05) is 12.1 Å². The quantitative estimate of drug-likeness (QED) is 0.613. The minimum atomic E-state index is -4.38. The van der Waals surface area contributed by atoms with Crippen molar-refractivity contribution in [2.75, 3.05) is 26.2 Å². The maximum Gasteiger partial charge on any atom is 0.416 e. The lowest BCUT2D eigenvalue weighted by Gasteiger charge is -2.35. The van der Waals surface area contributed by atoms with Crippen molar-refractivity contribution >= 4 is 5.96 Å². The number of alkyl halides is 3. The van der Waals surface area contributed by atoms with Gasteiger partial charge in [0.2, 0.25) is 5.89 Å². The molecule has 0 aliphatic carbocycles. The van der Waals surface area contributed by atoms with E-state index in [1.165, 1.54) is 6.07 Å². The maximum absolute atomic E-state index is 13.0. The number of aromatic nitrogens is 1. The Hall–Kier alpha value is -2.55. The molecular formula is C20H25F3N4O2. The van der Waals surface area contributed by atoms with Crippen molar-refractivity contribution in [1.29, 1.82) is 0 Å². The summed E-state index contributed by atoms with van der Waals surface area (Å²) < 4.78 is 50.4. The van der Waals surface area contributed by atoms with Crippen molar-refractivity contribution in [2.24, 2.45) is 4.99 Å². The second kappa shape index (κ2) is 8.86. The van der Waals surface area contributed by atoms with Crippen LogP contribution in [0.4, 0.5) is 13.2 Å². The fraction of sp³-hybridized carbons (Fsp3) is 0.500. The molecule has 1 aliphatic heterocycles. The first-order valence-electron chi connectivity index (χ1n) is 9.53. The first-order chi connectivity index (χ1) is 13.8. The highest BCUT2D eigenvalue weighted by Crippen LogP contribution is 2.32. The Balaban J connectivity index is 1.75. The highest BCUT2D eigenvalue weighted by molar-refractivity contribution is 5.80. The van der Waals surface area contributed by atoms with Crippen molar-refractivity contribution < 1.29 is 22.3 Å². The third-order valence-electron chi connectivity index (χ3n) is 4.72. The molecule has 3 rings (SSSR count). The Morgan fingerprint density at radius 3 is 2.79 bits per heavy atom. The molecule has 1 atom stereocenters. The normalized spacial score (nSPS) is 18.2. The molecule has 0 amide bonds. The van der Waals surface area contributed by atoms with Crippen LogP contribution in [0.5, 0.6) is 0 Å². The first kappa shape index (κ1) is 21.2. The van der Waals surface area contributed by atoms with Crippen molar-refractivity contribution in [1.82, 2.24) is 15.2 Å². The van der Waals surface area contributed by atoms with E-state index in [1.807, 2.05) is 25.7 Å². The third-order valence-corrected chi connectivity index (χ3v) is 4.72. The van der Waals surface area contributed by atoms with Gasteiger partial charge in [0, 0.05) is 13.1 Å². The van der Waals surface area contributed by atoms with E-state index in [2.05, 4.69) is 15.3 Å². The third kappa shape index (κ3) is 5.29. The summed E-state index contributed by atoms with van der Waals surface area (Å²) in [5, 5.41) is 3.22. The van der Waals surface area contributed by atoms with Gasteiger partial charge in [0.25, 0.3) is 0 Å². The van der Waals surface area contributed by atoms with E-state index < -0.39 is 17.8 Å². The molecule has 0 spiro atoms. The number of nitrogens with one attached hydrogen (secondary N) is 1. The molecule has 0 radical (unpaired) electrons. The summed E-state index contributed by atoms with van der Waals surface area (Å²) in [7, 11) is 0. The molecule has 1 fully saturated rings. The number of guanidine groups is 1. The Labute approximate surface area is 167 Å². The topological polar surface area (TPSA) is 62.9 Å². The molecule has 1 aromatic carbocycles. The number of halogens is 3. The van der Waals surface area contributed by atoms with Gasteiger partial charge >= 0.3 is 6.18 Å². The molecule has 1 unspecified atom stereocenters. The Morgan fingerprint density at radius 1 is 1.34 bits per heavy atom. The van der Waals surface area contributed by atoms with Crippen LogP contribution in [0, 0.1) is 13.8 Å². The van der Waals surface area contributed by atoms with Crippen LogP contribution >= 0.6 is 0 Å². The lowest BCUT2D eigenvalue weighted by molar-refractivity contribution is -0.137. The van der Waals surface area contributed by atoms with E-state index in [1.54, 1.807) is 6.07 Å². The van der Waals surface area contributed by atoms with Crippen LogP contribution < -0.4 is 5.32 Å². The van der Waals surface area contributed by atoms with E-state index in [0.717, 1.165) is 23.6 Å². The lowest BCUT2D eigenvalue weighted by Crippen LogP contribution is -2.48. The van der Waals surface area contributed by atoms with Gasteiger partial charge in [-0.05, 0) is 38.5 Å². The highest BCUT2D eigenvalue weighted by atomic mass is 19.4. The summed E-state index contributed by atoms with van der Waals surface area (Å²) in [6.45, 7) is 8.00. The van der Waals surface area contributed by atoms with Gasteiger partial charge in [0.05, 0.1) is 24.4 Å². The zero-order chi connectivity index (χ0) is 21.0. The molecule has 9 heteroatoms. The van der Waals surface area contributed by atoms with E-state index >= 15 is 0 Å². The maximum atomic E-state index is 13.0. The summed E-state index contributed by atoms with van der Waals surface area (Å²) in [5.41, 5.74) is 0.654. The number of hydrogen-bond acceptors (Lipinski definition) is 4. The SMILES string of the molecule is CCNC(=NCc1nc(C)c(C)o1)N1CCOC(c2cccc(C(F)(F)F)c2)C1. The predicted octanol–water partition coefficient (Wildman–Crippen LogP) is 3.85. The van der Waals surface area contributed by atoms with Gasteiger partial charge in [-0.25, -0.2) is 9.98 Å². The fourth-order valence-electron chi connectivity index (χ4n) is 3.13. The number of morpholine rings is 1. The average molecular weight is 410 g/mol. The minimum absolute atomic E-state index is 0.280. The Morgan fingerprint density at radius 2 is 2.14 bits per heavy atom. The minimum Gasteiger partial charge on any atom is -0.444 e. The number of rotatable bonds is 4. The zero-order valence-electron chi connectivity index (χ0n) is 16.7. The number of aryl methyl sites for hydroxylation is 2. The van der Waals surface area contributed by atoms with E-state index in [9.17, 15) is 13.2 Å². The largest absolute Gasteiger partial charge is 0.444 e. The first-order valence-corrected chi connectivity index (χ1v) is 9.53. The Kier molecular flexibility index (Phi) is 6.46. The van der Waals surface area contributed by atoms with Crippen LogP contribution in [0.25, 0.3) is 0 Å². The summed E-state index contributed by atoms with van der Waals surface area (Å²) in [5.74, 6) is 1.94. The smallest absolute Gasteiger partial charge is 0.416 e. The number of nitrogens with zero attached hydrogens (tertiary/aromatic N) is 3. The van der Waals surface area contributed by atoms with Gasteiger partial charge in [-0.3, -0.25) is 0 Å². The van der Waals surface area contributed by atoms with Gasteiger partial charge in [0.15, 0.2) is 5.96 Å². The molecule has 0 saturated carbocycles. The van der Waals surface area contributed by atoms with Crippen molar-refractivity contribution in [3.05, 3.63) is 52.7 Å². The van der Waals surface area contributed by atoms with Crippen LogP contribution in [0.3, 0.4) is 0 Å². The number of oxazole rings is 1. The molecule has 6 nitrogen and oxygen atoms in total. The Bertz CT molecular complexity index is 844. The summed E-state index contributed by atoms with van der Waals surface area (Å²) in [6.07, 6.45) is -4.85. The molecule has 2 heterocycles. The van der Waals surface area contributed by atoms with Gasteiger partial charge in [-0.2, -0.15) is 13.2 Å². The molecule has 29 heavy (non-hydrogen) atoms. The summed E-state index contributed by atoms with van der Waals surface area (Å²) in [6, 6.07) is 5.28. The lowest BCUT2D eigenvalue weighted by atomic mass is 10.0. The second-order valence-corrected chi connectivity index (χ2v) is 6.85. The fourth-order valence-corrected chi connectivity index (χ4v) is 3.13. The molecule has 1 saturated heterocycles. The summed E-state index contributed by atoms with van der Waals surface area (Å²) in [4.78, 5) is 10.9. The average Bonchev–Trinajstić information content (AvgIpc) is 3.02. The van der Waals surface area contributed by atoms with Crippen LogP contribution in [-0.2, 0) is 17.5 Å². The van der Waals surface area contributed by atoms with E-state index in [-0.39, 0.29) is 6.54 Å². The highest BCUT2D eigenvalue weighted by Gasteiger charge is 2.32. The van der Waals surface area contributed by atoms with Gasteiger partial charge in [0.1, 0.15) is 18.4 Å².